The summed E-state index contributed by atoms with van der Waals surface area (Å²) in [6.07, 6.45) is 3.52. The summed E-state index contributed by atoms with van der Waals surface area (Å²) in [6, 6.07) is 5.58. The molecule has 0 saturated heterocycles. The van der Waals surface area contributed by atoms with Gasteiger partial charge in [0.25, 0.3) is 0 Å². The molecule has 88 valence electrons. The molecule has 0 atom stereocenters. The van der Waals surface area contributed by atoms with Crippen molar-refractivity contribution >= 4 is 0 Å². The summed E-state index contributed by atoms with van der Waals surface area (Å²) in [5.74, 6) is 0.344. The Morgan fingerprint density at radius 2 is 2.12 bits per heavy atom. The monoisotopic (exact) mass is 339 g/mol. The second-order valence-electron chi connectivity index (χ2n) is 4.52. The van der Waals surface area contributed by atoms with Crippen LogP contribution in [-0.2, 0) is 3.42 Å². The molecule has 1 aromatic heterocycles. The number of fused-ring (bicyclic) bond motifs is 3. The van der Waals surface area contributed by atoms with Crippen LogP contribution in [0.15, 0.2) is 30.7 Å². The molecule has 0 amide bonds. The first-order chi connectivity index (χ1) is 8.08. The van der Waals surface area contributed by atoms with Gasteiger partial charge in [0.15, 0.2) is 0 Å². The third-order valence-electron chi connectivity index (χ3n) is 2.90. The van der Waals surface area contributed by atoms with Crippen LogP contribution in [0.2, 0.25) is 0 Å². The van der Waals surface area contributed by atoms with Crippen LogP contribution in [0.5, 0.6) is 5.75 Å². The number of halogens is 1. The van der Waals surface area contributed by atoms with E-state index in [2.05, 4.69) is 23.8 Å². The molecule has 0 aliphatic carbocycles. The molecule has 17 heavy (non-hydrogen) atoms. The van der Waals surface area contributed by atoms with Gasteiger partial charge in [-0.2, -0.15) is 0 Å². The summed E-state index contributed by atoms with van der Waals surface area (Å²) in [6.45, 7) is 4.46. The van der Waals surface area contributed by atoms with Gasteiger partial charge in [0.05, 0.1) is 0 Å². The molecule has 0 fully saturated rings. The van der Waals surface area contributed by atoms with Gasteiger partial charge in [0, 0.05) is 0 Å². The van der Waals surface area contributed by atoms with Crippen molar-refractivity contribution in [3.05, 3.63) is 39.9 Å². The van der Waals surface area contributed by atoms with Crippen molar-refractivity contribution in [2.45, 2.75) is 17.3 Å². The Bertz CT molecular complexity index is 596. The zero-order valence-electron chi connectivity index (χ0n) is 9.61. The predicted octanol–water partition coefficient (Wildman–Crippen LogP) is -0.643. The molecule has 2 aromatic rings. The third-order valence-corrected chi connectivity index (χ3v) is 6.30. The van der Waals surface area contributed by atoms with Gasteiger partial charge in [-0.05, 0) is 0 Å². The Morgan fingerprint density at radius 3 is 2.94 bits per heavy atom. The summed E-state index contributed by atoms with van der Waals surface area (Å²) >= 11 is -0.197. The first-order valence-electron chi connectivity index (χ1n) is 5.38. The van der Waals surface area contributed by atoms with Crippen molar-refractivity contribution in [2.24, 2.45) is 0 Å². The van der Waals surface area contributed by atoms with E-state index in [9.17, 15) is 5.11 Å². The standard InChI is InChI=1S/C13H12IN2O/c1-13(2)10-6-15-7-16-12(10)9-4-3-8(17)5-11(9)14-13/h3-7,17H,1-2H3/q-1. The van der Waals surface area contributed by atoms with Gasteiger partial charge in [0.1, 0.15) is 0 Å². The van der Waals surface area contributed by atoms with Crippen molar-refractivity contribution in [1.82, 2.24) is 9.97 Å². The average Bonchev–Trinajstić information content (AvgIpc) is 2.28. The van der Waals surface area contributed by atoms with Crippen molar-refractivity contribution < 1.29 is 26.3 Å². The summed E-state index contributed by atoms with van der Waals surface area (Å²) in [4.78, 5) is 8.55. The fourth-order valence-corrected chi connectivity index (χ4v) is 5.40. The molecule has 0 spiro atoms. The number of benzene rings is 1. The number of phenols is 1. The molecular formula is C13H12IN2O-. The summed E-state index contributed by atoms with van der Waals surface area (Å²) in [5, 5.41) is 9.59. The van der Waals surface area contributed by atoms with Crippen LogP contribution in [0.25, 0.3) is 11.3 Å². The first-order valence-corrected chi connectivity index (χ1v) is 7.53. The molecule has 0 radical (unpaired) electrons. The molecule has 3 rings (SSSR count). The maximum atomic E-state index is 9.59. The minimum atomic E-state index is -0.197. The van der Waals surface area contributed by atoms with E-state index in [0.29, 0.717) is 5.75 Å². The Kier molecular flexibility index (Phi) is 2.36. The average molecular weight is 339 g/mol. The number of aromatic nitrogens is 2. The minimum absolute atomic E-state index is 0.121. The molecular weight excluding hydrogens is 327 g/mol. The van der Waals surface area contributed by atoms with E-state index >= 15 is 0 Å². The molecule has 3 nitrogen and oxygen atoms in total. The molecule has 4 heteroatoms. The molecule has 1 N–H and O–H groups in total. The van der Waals surface area contributed by atoms with Crippen molar-refractivity contribution in [3.8, 4) is 17.0 Å². The molecule has 2 heterocycles. The molecule has 1 aromatic carbocycles. The zero-order valence-corrected chi connectivity index (χ0v) is 11.8. The van der Waals surface area contributed by atoms with E-state index in [-0.39, 0.29) is 24.6 Å². The molecule has 1 aliphatic rings. The van der Waals surface area contributed by atoms with E-state index in [0.717, 1.165) is 11.3 Å². The predicted molar refractivity (Wildman–Crippen MR) is 60.9 cm³/mol. The molecule has 0 saturated carbocycles. The van der Waals surface area contributed by atoms with Gasteiger partial charge < -0.3 is 0 Å². The normalized spacial score (nSPS) is 16.6. The van der Waals surface area contributed by atoms with E-state index in [1.54, 1.807) is 12.4 Å². The van der Waals surface area contributed by atoms with E-state index in [1.807, 2.05) is 18.3 Å². The zero-order chi connectivity index (χ0) is 12.0. The molecule has 0 bridgehead atoms. The number of hydrogen-bond acceptors (Lipinski definition) is 3. The Morgan fingerprint density at radius 1 is 1.29 bits per heavy atom. The van der Waals surface area contributed by atoms with Gasteiger partial charge in [-0.25, -0.2) is 0 Å². The fourth-order valence-electron chi connectivity index (χ4n) is 2.06. The van der Waals surface area contributed by atoms with E-state index < -0.39 is 0 Å². The van der Waals surface area contributed by atoms with Crippen molar-refractivity contribution in [2.75, 3.05) is 0 Å². The number of alkyl halides is 1. The maximum absolute atomic E-state index is 9.59. The Balaban J connectivity index is 2.31. The number of rotatable bonds is 0. The van der Waals surface area contributed by atoms with Gasteiger partial charge >= 0.3 is 110 Å². The SMILES string of the molecule is CC1(C)[I-]c2cc(O)ccc2-c2ncncc21. The number of aromatic hydroxyl groups is 1. The number of phenolic OH excluding ortho intramolecular Hbond substituents is 1. The van der Waals surface area contributed by atoms with E-state index in [1.165, 1.54) is 9.13 Å². The van der Waals surface area contributed by atoms with Gasteiger partial charge in [-0.3, -0.25) is 0 Å². The van der Waals surface area contributed by atoms with Crippen LogP contribution in [0.4, 0.5) is 0 Å². The number of nitrogens with zero attached hydrogens (tertiary/aromatic N) is 2. The summed E-state index contributed by atoms with van der Waals surface area (Å²) < 4.78 is 1.39. The van der Waals surface area contributed by atoms with Crippen molar-refractivity contribution in [1.29, 1.82) is 0 Å². The van der Waals surface area contributed by atoms with Gasteiger partial charge in [-0.1, -0.05) is 0 Å². The van der Waals surface area contributed by atoms with E-state index in [4.69, 9.17) is 0 Å². The summed E-state index contributed by atoms with van der Waals surface area (Å²) in [5.41, 5.74) is 3.41. The Labute approximate surface area is 110 Å². The fraction of sp³-hybridized carbons (Fsp3) is 0.231. The van der Waals surface area contributed by atoms with Crippen molar-refractivity contribution in [3.63, 3.8) is 0 Å². The third kappa shape index (κ3) is 1.71. The second kappa shape index (κ2) is 3.66. The quantitative estimate of drug-likeness (QED) is 0.513. The molecule has 1 aliphatic heterocycles. The van der Waals surface area contributed by atoms with Crippen LogP contribution in [0.3, 0.4) is 0 Å². The van der Waals surface area contributed by atoms with Gasteiger partial charge in [-0.15, -0.1) is 0 Å². The van der Waals surface area contributed by atoms with Crippen LogP contribution < -0.4 is 21.2 Å². The van der Waals surface area contributed by atoms with Crippen LogP contribution in [-0.4, -0.2) is 15.1 Å². The topological polar surface area (TPSA) is 46.0 Å². The summed E-state index contributed by atoms with van der Waals surface area (Å²) in [7, 11) is 0. The van der Waals surface area contributed by atoms with Crippen LogP contribution in [0, 0.1) is 3.57 Å². The number of hydrogen-bond donors (Lipinski definition) is 1. The van der Waals surface area contributed by atoms with Gasteiger partial charge in [0.2, 0.25) is 0 Å². The van der Waals surface area contributed by atoms with Crippen LogP contribution in [0.1, 0.15) is 19.4 Å². The molecule has 0 unspecified atom stereocenters. The van der Waals surface area contributed by atoms with Crippen LogP contribution >= 0.6 is 0 Å². The Hall–Kier alpha value is -1.17. The second-order valence-corrected chi connectivity index (χ2v) is 8.91. The first kappa shape index (κ1) is 11.0.